The van der Waals surface area contributed by atoms with Crippen LogP contribution >= 0.6 is 11.3 Å². The number of nitrogens with zero attached hydrogens (tertiary/aromatic N) is 4. The smallest absolute Gasteiger partial charge is 0.226 e. The minimum Gasteiger partial charge on any atom is -0.372 e. The molecule has 2 unspecified atom stereocenters. The van der Waals surface area contributed by atoms with Crippen LogP contribution in [0.2, 0.25) is 0 Å². The van der Waals surface area contributed by atoms with Gasteiger partial charge in [0.1, 0.15) is 11.5 Å². The molecular formula is C28H33FN6O2S. The molecule has 1 saturated heterocycles. The molecule has 38 heavy (non-hydrogen) atoms. The largest absolute Gasteiger partial charge is 0.372 e. The highest BCUT2D eigenvalue weighted by Gasteiger charge is 2.55. The minimum atomic E-state index is -0.904. The number of likely N-dealkylation sites (tertiary alicyclic amines) is 1. The Morgan fingerprint density at radius 2 is 1.87 bits per heavy atom. The summed E-state index contributed by atoms with van der Waals surface area (Å²) in [7, 11) is 0. The SMILES string of the molecule is CC(Nc1nc(C(O)N2CC(NC(=O)C34CC5CC(CC(C5)C3)C4)C2)c2sccc2n1)c1cncc(F)c1. The highest BCUT2D eigenvalue weighted by Crippen LogP contribution is 2.60. The molecule has 0 aromatic carbocycles. The van der Waals surface area contributed by atoms with E-state index in [9.17, 15) is 14.3 Å². The molecule has 10 heteroatoms. The number of amides is 1. The van der Waals surface area contributed by atoms with Crippen LogP contribution in [0.3, 0.4) is 0 Å². The number of pyridine rings is 1. The van der Waals surface area contributed by atoms with Crippen molar-refractivity contribution >= 4 is 33.4 Å². The molecule has 8 nitrogen and oxygen atoms in total. The van der Waals surface area contributed by atoms with Gasteiger partial charge in [-0.05, 0) is 86.3 Å². The topological polar surface area (TPSA) is 103 Å². The second-order valence-electron chi connectivity index (χ2n) is 12.1. The molecule has 4 saturated carbocycles. The lowest BCUT2D eigenvalue weighted by atomic mass is 9.49. The zero-order valence-electron chi connectivity index (χ0n) is 21.4. The summed E-state index contributed by atoms with van der Waals surface area (Å²) in [5.74, 6) is 2.42. The number of thiophene rings is 1. The number of anilines is 1. The lowest BCUT2D eigenvalue weighted by Crippen LogP contribution is -2.63. The van der Waals surface area contributed by atoms with Crippen LogP contribution in [0, 0.1) is 29.0 Å². The van der Waals surface area contributed by atoms with Crippen LogP contribution in [0.25, 0.3) is 10.2 Å². The van der Waals surface area contributed by atoms with Crippen LogP contribution in [0.1, 0.15) is 69.0 Å². The van der Waals surface area contributed by atoms with Gasteiger partial charge in [-0.25, -0.2) is 14.4 Å². The molecule has 3 N–H and O–H groups in total. The quantitative estimate of drug-likeness (QED) is 0.411. The minimum absolute atomic E-state index is 0.0453. The van der Waals surface area contributed by atoms with Crippen molar-refractivity contribution in [3.63, 3.8) is 0 Å². The second-order valence-corrected chi connectivity index (χ2v) is 13.0. The van der Waals surface area contributed by atoms with E-state index in [0.717, 1.165) is 47.2 Å². The predicted octanol–water partition coefficient (Wildman–Crippen LogP) is 4.41. The van der Waals surface area contributed by atoms with Crippen LogP contribution in [0.15, 0.2) is 29.9 Å². The number of aliphatic hydroxyl groups is 1. The first-order chi connectivity index (χ1) is 18.3. The normalized spacial score (nSPS) is 30.2. The summed E-state index contributed by atoms with van der Waals surface area (Å²) >= 11 is 1.49. The number of hydrogen-bond donors (Lipinski definition) is 3. The van der Waals surface area contributed by atoms with Crippen molar-refractivity contribution in [3.8, 4) is 0 Å². The number of hydrogen-bond acceptors (Lipinski definition) is 8. The summed E-state index contributed by atoms with van der Waals surface area (Å²) in [6.07, 6.45) is 9.01. The van der Waals surface area contributed by atoms with Crippen molar-refractivity contribution in [1.29, 1.82) is 0 Å². The fourth-order valence-electron chi connectivity index (χ4n) is 7.77. The van der Waals surface area contributed by atoms with Crippen LogP contribution in [0.4, 0.5) is 10.3 Å². The maximum absolute atomic E-state index is 13.6. The molecule has 200 valence electrons. The Labute approximate surface area is 225 Å². The molecule has 1 aliphatic heterocycles. The average molecular weight is 537 g/mol. The van der Waals surface area contributed by atoms with E-state index >= 15 is 0 Å². The van der Waals surface area contributed by atoms with Gasteiger partial charge in [-0.15, -0.1) is 11.3 Å². The van der Waals surface area contributed by atoms with Gasteiger partial charge >= 0.3 is 0 Å². The van der Waals surface area contributed by atoms with Gasteiger partial charge in [0.15, 0.2) is 6.23 Å². The highest BCUT2D eigenvalue weighted by molar-refractivity contribution is 7.17. The number of carbonyl (C=O) groups is 1. The van der Waals surface area contributed by atoms with E-state index in [0.29, 0.717) is 30.3 Å². The molecule has 3 aromatic heterocycles. The van der Waals surface area contributed by atoms with Gasteiger partial charge in [-0.1, -0.05) is 0 Å². The molecule has 8 rings (SSSR count). The number of rotatable bonds is 7. The lowest BCUT2D eigenvalue weighted by Gasteiger charge is -2.56. The molecule has 2 atom stereocenters. The van der Waals surface area contributed by atoms with Crippen molar-refractivity contribution in [2.45, 2.75) is 63.8 Å². The standard InChI is InChI=1S/C28H33FN6O2S/c1-15(19-7-20(29)12-30-11-19)31-27-33-22-2-3-38-24(22)23(34-27)25(36)35-13-21(14-35)32-26(37)28-8-16-4-17(9-28)6-18(5-16)10-28/h2-3,7,11-12,15-18,21,25,36H,4-6,8-10,13-14H2,1H3,(H,32,37)(H,31,33,34). The Kier molecular flexibility index (Phi) is 5.90. The Bertz CT molecular complexity index is 1340. The van der Waals surface area contributed by atoms with E-state index in [1.807, 2.05) is 23.3 Å². The maximum atomic E-state index is 13.6. The molecule has 4 bridgehead atoms. The third-order valence-electron chi connectivity index (χ3n) is 9.26. The van der Waals surface area contributed by atoms with Gasteiger partial charge in [0, 0.05) is 24.7 Å². The van der Waals surface area contributed by atoms with Gasteiger partial charge in [0.05, 0.1) is 28.5 Å². The summed E-state index contributed by atoms with van der Waals surface area (Å²) in [5.41, 5.74) is 1.82. The van der Waals surface area contributed by atoms with Crippen molar-refractivity contribution in [3.05, 3.63) is 47.0 Å². The van der Waals surface area contributed by atoms with Gasteiger partial charge in [0.2, 0.25) is 11.9 Å². The van der Waals surface area contributed by atoms with Gasteiger partial charge in [-0.2, -0.15) is 0 Å². The Balaban J connectivity index is 1.03. The van der Waals surface area contributed by atoms with Crippen LogP contribution in [0.5, 0.6) is 0 Å². The number of carbonyl (C=O) groups excluding carboxylic acids is 1. The van der Waals surface area contributed by atoms with E-state index in [2.05, 4.69) is 25.6 Å². The molecule has 3 aromatic rings. The van der Waals surface area contributed by atoms with Crippen molar-refractivity contribution in [2.24, 2.45) is 23.2 Å². The highest BCUT2D eigenvalue weighted by atomic mass is 32.1. The number of halogens is 1. The van der Waals surface area contributed by atoms with E-state index in [-0.39, 0.29) is 23.4 Å². The molecule has 5 aliphatic rings. The van der Waals surface area contributed by atoms with Gasteiger partial charge in [-0.3, -0.25) is 14.7 Å². The van der Waals surface area contributed by atoms with Crippen molar-refractivity contribution in [1.82, 2.24) is 25.2 Å². The Morgan fingerprint density at radius 3 is 2.55 bits per heavy atom. The van der Waals surface area contributed by atoms with Gasteiger partial charge < -0.3 is 15.7 Å². The zero-order valence-corrected chi connectivity index (χ0v) is 22.3. The van der Waals surface area contributed by atoms with Crippen molar-refractivity contribution < 1.29 is 14.3 Å². The molecular weight excluding hydrogens is 503 g/mol. The van der Waals surface area contributed by atoms with Crippen molar-refractivity contribution in [2.75, 3.05) is 18.4 Å². The summed E-state index contributed by atoms with van der Waals surface area (Å²) < 4.78 is 14.5. The van der Waals surface area contributed by atoms with E-state index in [1.165, 1.54) is 42.9 Å². The molecule has 4 aliphatic carbocycles. The zero-order chi connectivity index (χ0) is 26.0. The fraction of sp³-hybridized carbons (Fsp3) is 0.571. The predicted molar refractivity (Wildman–Crippen MR) is 143 cm³/mol. The van der Waals surface area contributed by atoms with E-state index in [1.54, 1.807) is 6.20 Å². The summed E-state index contributed by atoms with van der Waals surface area (Å²) in [6.45, 7) is 3.06. The second kappa shape index (κ2) is 9.20. The summed E-state index contributed by atoms with van der Waals surface area (Å²) in [5, 5.41) is 19.8. The van der Waals surface area contributed by atoms with E-state index in [4.69, 9.17) is 0 Å². The molecule has 5 fully saturated rings. The average Bonchev–Trinajstić information content (AvgIpc) is 3.33. The first-order valence-electron chi connectivity index (χ1n) is 13.7. The molecule has 0 spiro atoms. The third kappa shape index (κ3) is 4.26. The number of fused-ring (bicyclic) bond motifs is 1. The Morgan fingerprint density at radius 1 is 1.16 bits per heavy atom. The summed E-state index contributed by atoms with van der Waals surface area (Å²) in [4.78, 5) is 28.6. The van der Waals surface area contributed by atoms with Gasteiger partial charge in [0.25, 0.3) is 0 Å². The number of nitrogens with one attached hydrogen (secondary N) is 2. The van der Waals surface area contributed by atoms with Crippen LogP contribution in [-0.4, -0.2) is 50.0 Å². The maximum Gasteiger partial charge on any atom is 0.226 e. The first-order valence-corrected chi connectivity index (χ1v) is 14.6. The van der Waals surface area contributed by atoms with E-state index < -0.39 is 12.0 Å². The molecule has 1 amide bonds. The first kappa shape index (κ1) is 24.4. The lowest BCUT2D eigenvalue weighted by molar-refractivity contribution is -0.149. The number of aromatic nitrogens is 3. The summed E-state index contributed by atoms with van der Waals surface area (Å²) in [6, 6.07) is 3.11. The molecule has 4 heterocycles. The third-order valence-corrected chi connectivity index (χ3v) is 10.2. The van der Waals surface area contributed by atoms with Crippen LogP contribution in [-0.2, 0) is 4.79 Å². The molecule has 0 radical (unpaired) electrons. The monoisotopic (exact) mass is 536 g/mol. The number of aliphatic hydroxyl groups excluding tert-OH is 1. The fourth-order valence-corrected chi connectivity index (χ4v) is 8.61. The van der Waals surface area contributed by atoms with Crippen LogP contribution < -0.4 is 10.6 Å². The Hall–Kier alpha value is -2.69.